The summed E-state index contributed by atoms with van der Waals surface area (Å²) in [6, 6.07) is 0. The lowest BCUT2D eigenvalue weighted by Gasteiger charge is -2.21. The average Bonchev–Trinajstić information content (AvgIpc) is 1.79. The molecule has 0 N–H and O–H groups in total. The Kier molecular flexibility index (Phi) is 3.50. The second-order valence-corrected chi connectivity index (χ2v) is 4.05. The van der Waals surface area contributed by atoms with Crippen molar-refractivity contribution in [2.75, 3.05) is 7.05 Å². The van der Waals surface area contributed by atoms with Crippen LogP contribution < -0.4 is 0 Å². The lowest BCUT2D eigenvalue weighted by atomic mass is 9.86. The van der Waals surface area contributed by atoms with Gasteiger partial charge in [-0.1, -0.05) is 32.9 Å². The molecule has 0 aromatic carbocycles. The Morgan fingerprint density at radius 2 is 1.82 bits per heavy atom. The number of nitrogens with zero attached hydrogens (tertiary/aromatic N) is 1. The van der Waals surface area contributed by atoms with Crippen molar-refractivity contribution in [1.82, 2.24) is 0 Å². The number of aliphatic imine (C=N–C) groups is 1. The smallest absolute Gasteiger partial charge is 0.0276 e. The Bertz CT molecular complexity index is 170. The maximum atomic E-state index is 4.26. The molecule has 0 saturated heterocycles. The third kappa shape index (κ3) is 3.97. The summed E-state index contributed by atoms with van der Waals surface area (Å²) in [6.45, 7) is 12.5. The first-order chi connectivity index (χ1) is 4.88. The molecule has 0 aromatic heterocycles. The van der Waals surface area contributed by atoms with E-state index < -0.39 is 0 Å². The van der Waals surface area contributed by atoms with Crippen molar-refractivity contribution in [2.24, 2.45) is 10.4 Å². The van der Waals surface area contributed by atoms with Gasteiger partial charge in [-0.2, -0.15) is 0 Å². The topological polar surface area (TPSA) is 12.4 Å². The second kappa shape index (κ2) is 3.70. The van der Waals surface area contributed by atoms with Gasteiger partial charge >= 0.3 is 0 Å². The molecule has 0 radical (unpaired) electrons. The summed E-state index contributed by atoms with van der Waals surface area (Å²) in [6.07, 6.45) is 0.931. The highest BCUT2D eigenvalue weighted by Gasteiger charge is 2.17. The Morgan fingerprint density at radius 3 is 1.91 bits per heavy atom. The number of allylic oxidation sites excluding steroid dienone is 1. The summed E-state index contributed by atoms with van der Waals surface area (Å²) in [5.41, 5.74) is 2.60. The molecule has 0 spiro atoms. The van der Waals surface area contributed by atoms with Gasteiger partial charge in [0.15, 0.2) is 0 Å². The predicted octanol–water partition coefficient (Wildman–Crippen LogP) is 3.07. The quantitative estimate of drug-likeness (QED) is 0.427. The minimum atomic E-state index is 0.188. The lowest BCUT2D eigenvalue weighted by Crippen LogP contribution is -2.20. The van der Waals surface area contributed by atoms with E-state index in [0.717, 1.165) is 6.42 Å². The molecule has 11 heavy (non-hydrogen) atoms. The largest absolute Gasteiger partial charge is 0.297 e. The first-order valence-electron chi connectivity index (χ1n) is 3.98. The number of rotatable bonds is 2. The van der Waals surface area contributed by atoms with Crippen LogP contribution in [-0.2, 0) is 0 Å². The van der Waals surface area contributed by atoms with Crippen molar-refractivity contribution < 1.29 is 0 Å². The third-order valence-corrected chi connectivity index (χ3v) is 1.60. The highest BCUT2D eigenvalue weighted by Crippen LogP contribution is 2.20. The van der Waals surface area contributed by atoms with Crippen LogP contribution in [0.5, 0.6) is 0 Å². The molecule has 0 aliphatic carbocycles. The Labute approximate surface area is 70.2 Å². The van der Waals surface area contributed by atoms with E-state index in [4.69, 9.17) is 0 Å². The maximum Gasteiger partial charge on any atom is 0.0276 e. The zero-order valence-electron chi connectivity index (χ0n) is 8.36. The van der Waals surface area contributed by atoms with Crippen LogP contribution in [0.3, 0.4) is 0 Å². The zero-order chi connectivity index (χ0) is 9.07. The van der Waals surface area contributed by atoms with E-state index in [0.29, 0.717) is 0 Å². The van der Waals surface area contributed by atoms with Crippen LogP contribution in [0.2, 0.25) is 0 Å². The molecule has 0 rings (SSSR count). The van der Waals surface area contributed by atoms with E-state index in [9.17, 15) is 0 Å². The van der Waals surface area contributed by atoms with Gasteiger partial charge in [-0.3, -0.25) is 4.99 Å². The van der Waals surface area contributed by atoms with Gasteiger partial charge in [-0.25, -0.2) is 0 Å². The first kappa shape index (κ1) is 10.4. The summed E-state index contributed by atoms with van der Waals surface area (Å²) in [4.78, 5) is 4.26. The van der Waals surface area contributed by atoms with Gasteiger partial charge in [-0.15, -0.1) is 0 Å². The molecule has 0 aromatic rings. The molecular weight excluding hydrogens is 134 g/mol. The average molecular weight is 153 g/mol. The molecule has 0 fully saturated rings. The maximum absolute atomic E-state index is 4.26. The molecule has 0 amide bonds. The molecule has 0 unspecified atom stereocenters. The van der Waals surface area contributed by atoms with Gasteiger partial charge < -0.3 is 0 Å². The molecule has 0 heterocycles. The van der Waals surface area contributed by atoms with Crippen LogP contribution >= 0.6 is 0 Å². The Balaban J connectivity index is 4.33. The molecule has 0 aliphatic heterocycles. The van der Waals surface area contributed by atoms with E-state index in [2.05, 4.69) is 32.3 Å². The van der Waals surface area contributed by atoms with Gasteiger partial charge in [0.2, 0.25) is 0 Å². The van der Waals surface area contributed by atoms with E-state index in [1.54, 1.807) is 0 Å². The predicted molar refractivity (Wildman–Crippen MR) is 52.2 cm³/mol. The fraction of sp³-hybridized carbons (Fsp3) is 0.700. The number of hydrogen-bond acceptors (Lipinski definition) is 1. The standard InChI is InChI=1S/C10H19N/c1-8(2)7-9(11-6)10(3,4)5/h1,7H2,2-6H3/b11-9+. The summed E-state index contributed by atoms with van der Waals surface area (Å²) in [5, 5.41) is 0. The van der Waals surface area contributed by atoms with Gasteiger partial charge in [0.05, 0.1) is 0 Å². The molecule has 1 nitrogen and oxygen atoms in total. The highest BCUT2D eigenvalue weighted by atomic mass is 14.7. The van der Waals surface area contributed by atoms with Gasteiger partial charge in [0, 0.05) is 24.6 Å². The fourth-order valence-electron chi connectivity index (χ4n) is 0.965. The van der Waals surface area contributed by atoms with Crippen molar-refractivity contribution >= 4 is 5.71 Å². The molecule has 0 bridgehead atoms. The van der Waals surface area contributed by atoms with E-state index in [-0.39, 0.29) is 5.41 Å². The normalized spacial score (nSPS) is 13.4. The minimum absolute atomic E-state index is 0.188. The van der Waals surface area contributed by atoms with Crippen molar-refractivity contribution in [1.29, 1.82) is 0 Å². The monoisotopic (exact) mass is 153 g/mol. The van der Waals surface area contributed by atoms with Crippen LogP contribution in [0, 0.1) is 5.41 Å². The summed E-state index contributed by atoms with van der Waals surface area (Å²) in [7, 11) is 1.85. The van der Waals surface area contributed by atoms with Gasteiger partial charge in [-0.05, 0) is 6.92 Å². The third-order valence-electron chi connectivity index (χ3n) is 1.60. The Morgan fingerprint density at radius 1 is 1.36 bits per heavy atom. The SMILES string of the molecule is C=C(C)C/C(=N\C)C(C)(C)C. The first-order valence-corrected chi connectivity index (χ1v) is 3.98. The van der Waals surface area contributed by atoms with Gasteiger partial charge in [0.25, 0.3) is 0 Å². The van der Waals surface area contributed by atoms with Crippen LogP contribution in [-0.4, -0.2) is 12.8 Å². The zero-order valence-corrected chi connectivity index (χ0v) is 8.36. The molecular formula is C10H19N. The molecule has 0 saturated carbocycles. The van der Waals surface area contributed by atoms with Crippen LogP contribution in [0.1, 0.15) is 34.1 Å². The van der Waals surface area contributed by atoms with Crippen LogP contribution in [0.25, 0.3) is 0 Å². The van der Waals surface area contributed by atoms with E-state index >= 15 is 0 Å². The van der Waals surface area contributed by atoms with Crippen molar-refractivity contribution in [2.45, 2.75) is 34.1 Å². The summed E-state index contributed by atoms with van der Waals surface area (Å²) < 4.78 is 0. The highest BCUT2D eigenvalue weighted by molar-refractivity contribution is 5.90. The minimum Gasteiger partial charge on any atom is -0.297 e. The van der Waals surface area contributed by atoms with E-state index in [1.807, 2.05) is 14.0 Å². The molecule has 0 atom stereocenters. The van der Waals surface area contributed by atoms with Crippen molar-refractivity contribution in [3.05, 3.63) is 12.2 Å². The van der Waals surface area contributed by atoms with Crippen molar-refractivity contribution in [3.8, 4) is 0 Å². The number of hydrogen-bond donors (Lipinski definition) is 0. The lowest BCUT2D eigenvalue weighted by molar-refractivity contribution is 0.580. The van der Waals surface area contributed by atoms with E-state index in [1.165, 1.54) is 11.3 Å². The summed E-state index contributed by atoms with van der Waals surface area (Å²) >= 11 is 0. The van der Waals surface area contributed by atoms with Gasteiger partial charge in [0.1, 0.15) is 0 Å². The molecule has 1 heteroatoms. The summed E-state index contributed by atoms with van der Waals surface area (Å²) in [5.74, 6) is 0. The molecule has 64 valence electrons. The fourth-order valence-corrected chi connectivity index (χ4v) is 0.965. The van der Waals surface area contributed by atoms with Crippen LogP contribution in [0.15, 0.2) is 17.1 Å². The Hall–Kier alpha value is -0.590. The molecule has 0 aliphatic rings. The van der Waals surface area contributed by atoms with Crippen molar-refractivity contribution in [3.63, 3.8) is 0 Å². The van der Waals surface area contributed by atoms with Crippen LogP contribution in [0.4, 0.5) is 0 Å². The second-order valence-electron chi connectivity index (χ2n) is 4.05.